The van der Waals surface area contributed by atoms with Gasteiger partial charge in [0.05, 0.1) is 0 Å². The fraction of sp³-hybridized carbons (Fsp3) is 0.455. The highest BCUT2D eigenvalue weighted by Crippen LogP contribution is 2.24. The second kappa shape index (κ2) is 10.2. The summed E-state index contributed by atoms with van der Waals surface area (Å²) in [5.74, 6) is 0.118. The lowest BCUT2D eigenvalue weighted by Gasteiger charge is -2.42. The van der Waals surface area contributed by atoms with Crippen LogP contribution in [0.3, 0.4) is 0 Å². The van der Waals surface area contributed by atoms with Gasteiger partial charge in [0, 0.05) is 37.1 Å². The summed E-state index contributed by atoms with van der Waals surface area (Å²) in [6.07, 6.45) is 1.96. The number of azide groups is 1. The van der Waals surface area contributed by atoms with Crippen molar-refractivity contribution in [2.45, 2.75) is 25.4 Å². The number of hydrogen-bond acceptors (Lipinski definition) is 3. The van der Waals surface area contributed by atoms with E-state index in [0.717, 1.165) is 44.6 Å². The average Bonchev–Trinajstić information content (AvgIpc) is 2.72. The van der Waals surface area contributed by atoms with Gasteiger partial charge in [0.1, 0.15) is 5.82 Å². The van der Waals surface area contributed by atoms with E-state index in [2.05, 4.69) is 51.1 Å². The maximum atomic E-state index is 13.1. The van der Waals surface area contributed by atoms with Gasteiger partial charge in [-0.2, -0.15) is 0 Å². The summed E-state index contributed by atoms with van der Waals surface area (Å²) in [7, 11) is 2.16. The molecule has 0 spiro atoms. The molecule has 0 bridgehead atoms. The van der Waals surface area contributed by atoms with E-state index in [4.69, 9.17) is 5.53 Å². The predicted octanol–water partition coefficient (Wildman–Crippen LogP) is 4.50. The fourth-order valence-electron chi connectivity index (χ4n) is 4.13. The molecular weight excluding hydrogens is 353 g/mol. The molecule has 0 N–H and O–H groups in total. The minimum absolute atomic E-state index is 0.194. The number of halogens is 1. The van der Waals surface area contributed by atoms with Crippen LogP contribution in [-0.2, 0) is 13.0 Å². The van der Waals surface area contributed by atoms with Crippen LogP contribution in [0.2, 0.25) is 0 Å². The minimum atomic E-state index is -0.194. The number of hydrogen-bond donors (Lipinski definition) is 0. The molecule has 1 heterocycles. The molecule has 6 heteroatoms. The van der Waals surface area contributed by atoms with Gasteiger partial charge >= 0.3 is 0 Å². The molecule has 1 aliphatic heterocycles. The first-order chi connectivity index (χ1) is 13.7. The third kappa shape index (κ3) is 5.80. The molecule has 2 aromatic rings. The molecule has 0 amide bonds. The Bertz CT molecular complexity index is 773. The van der Waals surface area contributed by atoms with E-state index in [0.29, 0.717) is 18.5 Å². The Morgan fingerprint density at radius 1 is 1.14 bits per heavy atom. The zero-order valence-corrected chi connectivity index (χ0v) is 16.4. The number of benzene rings is 2. The quantitative estimate of drug-likeness (QED) is 0.384. The first-order valence-electron chi connectivity index (χ1n) is 9.87. The molecule has 1 saturated heterocycles. The van der Waals surface area contributed by atoms with Crippen molar-refractivity contribution >= 4 is 0 Å². The minimum Gasteiger partial charge on any atom is -0.303 e. The van der Waals surface area contributed by atoms with Gasteiger partial charge < -0.3 is 4.90 Å². The first kappa shape index (κ1) is 20.3. The Hall–Kier alpha value is -2.40. The van der Waals surface area contributed by atoms with Gasteiger partial charge in [0.25, 0.3) is 0 Å². The zero-order valence-electron chi connectivity index (χ0n) is 16.4. The zero-order chi connectivity index (χ0) is 19.8. The molecule has 0 saturated carbocycles. The average molecular weight is 381 g/mol. The summed E-state index contributed by atoms with van der Waals surface area (Å²) < 4.78 is 13.1. The van der Waals surface area contributed by atoms with Gasteiger partial charge in [0.2, 0.25) is 0 Å². The number of nitrogens with zero attached hydrogens (tertiary/aromatic N) is 5. The molecule has 0 aliphatic carbocycles. The van der Waals surface area contributed by atoms with Crippen molar-refractivity contribution in [1.29, 1.82) is 0 Å². The lowest BCUT2D eigenvalue weighted by atomic mass is 9.90. The Labute approximate surface area is 166 Å². The van der Waals surface area contributed by atoms with E-state index >= 15 is 0 Å². The molecule has 2 atom stereocenters. The molecule has 0 radical (unpaired) electrons. The molecule has 5 nitrogen and oxygen atoms in total. The van der Waals surface area contributed by atoms with Gasteiger partial charge in [0.15, 0.2) is 0 Å². The van der Waals surface area contributed by atoms with Crippen LogP contribution in [-0.4, -0.2) is 49.1 Å². The predicted molar refractivity (Wildman–Crippen MR) is 110 cm³/mol. The maximum absolute atomic E-state index is 13.1. The van der Waals surface area contributed by atoms with E-state index < -0.39 is 0 Å². The van der Waals surface area contributed by atoms with E-state index in [1.54, 1.807) is 0 Å². The van der Waals surface area contributed by atoms with Gasteiger partial charge in [-0.05, 0) is 61.1 Å². The van der Waals surface area contributed by atoms with Crippen molar-refractivity contribution < 1.29 is 4.39 Å². The van der Waals surface area contributed by atoms with Gasteiger partial charge in [-0.15, -0.1) is 0 Å². The summed E-state index contributed by atoms with van der Waals surface area (Å²) in [5, 5.41) is 3.88. The highest BCUT2D eigenvalue weighted by Gasteiger charge is 2.31. The van der Waals surface area contributed by atoms with Crippen LogP contribution in [0.5, 0.6) is 0 Å². The van der Waals surface area contributed by atoms with Crippen molar-refractivity contribution in [2.75, 3.05) is 33.2 Å². The second-order valence-electron chi connectivity index (χ2n) is 7.61. The fourth-order valence-corrected chi connectivity index (χ4v) is 4.13. The highest BCUT2D eigenvalue weighted by atomic mass is 19.1. The van der Waals surface area contributed by atoms with Crippen molar-refractivity contribution in [3.8, 4) is 0 Å². The van der Waals surface area contributed by atoms with E-state index in [1.807, 2.05) is 18.2 Å². The summed E-state index contributed by atoms with van der Waals surface area (Å²) in [6, 6.07) is 17.6. The SMILES string of the molecule is CN(Cc1ccccc1)C1CCN(CCc2ccc(F)cc2)CC1CN=[N+]=[N-]. The summed E-state index contributed by atoms with van der Waals surface area (Å²) in [6.45, 7) is 4.30. The van der Waals surface area contributed by atoms with Crippen LogP contribution in [0.4, 0.5) is 4.39 Å². The number of rotatable bonds is 8. The van der Waals surface area contributed by atoms with Crippen molar-refractivity contribution in [3.05, 3.63) is 82.0 Å². The van der Waals surface area contributed by atoms with Gasteiger partial charge in [-0.25, -0.2) is 4.39 Å². The second-order valence-corrected chi connectivity index (χ2v) is 7.61. The van der Waals surface area contributed by atoms with Gasteiger partial charge in [-0.3, -0.25) is 4.90 Å². The molecule has 2 unspecified atom stereocenters. The van der Waals surface area contributed by atoms with Crippen LogP contribution in [0.15, 0.2) is 59.7 Å². The molecule has 28 heavy (non-hydrogen) atoms. The van der Waals surface area contributed by atoms with Crippen LogP contribution < -0.4 is 0 Å². The Kier molecular flexibility index (Phi) is 7.43. The summed E-state index contributed by atoms with van der Waals surface area (Å²) in [5.41, 5.74) is 11.2. The Morgan fingerprint density at radius 2 is 1.89 bits per heavy atom. The molecular formula is C22H28FN5. The standard InChI is InChI=1S/C22H28FN5/c1-27(16-19-5-3-2-4-6-19)22-12-14-28(17-20(22)15-25-26-24)13-11-18-7-9-21(23)10-8-18/h2-10,20,22H,11-17H2,1H3. The van der Waals surface area contributed by atoms with Gasteiger partial charge in [-0.1, -0.05) is 47.6 Å². The lowest BCUT2D eigenvalue weighted by molar-refractivity contribution is 0.0717. The number of likely N-dealkylation sites (tertiary alicyclic amines) is 1. The van der Waals surface area contributed by atoms with Crippen LogP contribution >= 0.6 is 0 Å². The molecule has 1 fully saturated rings. The molecule has 2 aromatic carbocycles. The van der Waals surface area contributed by atoms with Crippen molar-refractivity contribution in [2.24, 2.45) is 11.0 Å². The summed E-state index contributed by atoms with van der Waals surface area (Å²) >= 11 is 0. The topological polar surface area (TPSA) is 55.2 Å². The lowest BCUT2D eigenvalue weighted by Crippen LogP contribution is -2.51. The van der Waals surface area contributed by atoms with Crippen LogP contribution in [0.1, 0.15) is 17.5 Å². The highest BCUT2D eigenvalue weighted by molar-refractivity contribution is 5.16. The molecule has 148 valence electrons. The Balaban J connectivity index is 1.58. The molecule has 0 aromatic heterocycles. The maximum Gasteiger partial charge on any atom is 0.123 e. The third-order valence-electron chi connectivity index (χ3n) is 5.63. The van der Waals surface area contributed by atoms with Crippen LogP contribution in [0.25, 0.3) is 10.4 Å². The molecule has 3 rings (SSSR count). The molecule has 1 aliphatic rings. The van der Waals surface area contributed by atoms with Crippen molar-refractivity contribution in [3.63, 3.8) is 0 Å². The normalized spacial score (nSPS) is 20.1. The number of piperidine rings is 1. The van der Waals surface area contributed by atoms with E-state index in [1.165, 1.54) is 17.7 Å². The van der Waals surface area contributed by atoms with E-state index in [-0.39, 0.29) is 5.82 Å². The smallest absolute Gasteiger partial charge is 0.123 e. The largest absolute Gasteiger partial charge is 0.303 e. The Morgan fingerprint density at radius 3 is 2.61 bits per heavy atom. The summed E-state index contributed by atoms with van der Waals surface area (Å²) in [4.78, 5) is 7.82. The monoisotopic (exact) mass is 381 g/mol. The van der Waals surface area contributed by atoms with E-state index in [9.17, 15) is 4.39 Å². The van der Waals surface area contributed by atoms with Crippen molar-refractivity contribution in [1.82, 2.24) is 9.80 Å². The first-order valence-corrected chi connectivity index (χ1v) is 9.87. The third-order valence-corrected chi connectivity index (χ3v) is 5.63. The van der Waals surface area contributed by atoms with Crippen LogP contribution in [0, 0.1) is 11.7 Å².